The lowest BCUT2D eigenvalue weighted by Gasteiger charge is -2.39. The molecule has 0 saturated carbocycles. The van der Waals surface area contributed by atoms with Crippen LogP contribution in [0.3, 0.4) is 0 Å². The number of benzene rings is 1. The van der Waals surface area contributed by atoms with Crippen molar-refractivity contribution in [2.75, 3.05) is 26.2 Å². The summed E-state index contributed by atoms with van der Waals surface area (Å²) in [5, 5.41) is 3.15. The van der Waals surface area contributed by atoms with Gasteiger partial charge in [0, 0.05) is 32.2 Å². The Bertz CT molecular complexity index is 590. The van der Waals surface area contributed by atoms with Gasteiger partial charge in [0.2, 0.25) is 0 Å². The van der Waals surface area contributed by atoms with E-state index in [1.165, 1.54) is 0 Å². The Morgan fingerprint density at radius 1 is 1.04 bits per heavy atom. The molecule has 0 aliphatic carbocycles. The predicted molar refractivity (Wildman–Crippen MR) is 87.7 cm³/mol. The lowest BCUT2D eigenvalue weighted by molar-refractivity contribution is -0.144. The normalized spacial score (nSPS) is 19.4. The molecule has 0 aromatic heterocycles. The fraction of sp³-hybridized carbons (Fsp3) is 0.667. The first kappa shape index (κ1) is 21.0. The van der Waals surface area contributed by atoms with Crippen LogP contribution in [-0.4, -0.2) is 31.1 Å². The van der Waals surface area contributed by atoms with Crippen molar-refractivity contribution in [1.29, 1.82) is 0 Å². The van der Waals surface area contributed by atoms with E-state index in [2.05, 4.69) is 5.32 Å². The Hall–Kier alpha value is -1.28. The highest BCUT2D eigenvalue weighted by Gasteiger charge is 2.41. The van der Waals surface area contributed by atoms with E-state index in [4.69, 9.17) is 0 Å². The van der Waals surface area contributed by atoms with Gasteiger partial charge in [-0.15, -0.1) is 0 Å². The molecule has 2 atom stereocenters. The molecule has 148 valence electrons. The zero-order chi connectivity index (χ0) is 19.5. The molecule has 1 unspecified atom stereocenters. The number of nitrogens with one attached hydrogen (secondary N) is 1. The molecule has 1 aromatic carbocycles. The summed E-state index contributed by atoms with van der Waals surface area (Å²) in [7, 11) is 0. The molecule has 0 radical (unpaired) electrons. The third kappa shape index (κ3) is 4.91. The fourth-order valence-electron chi connectivity index (χ4n) is 3.67. The van der Waals surface area contributed by atoms with Gasteiger partial charge in [-0.3, -0.25) is 4.90 Å². The van der Waals surface area contributed by atoms with Crippen LogP contribution in [0.4, 0.5) is 26.3 Å². The maximum atomic E-state index is 13.6. The molecule has 1 fully saturated rings. The summed E-state index contributed by atoms with van der Waals surface area (Å²) in [6.07, 6.45) is -8.15. The molecule has 0 spiro atoms. The third-order valence-corrected chi connectivity index (χ3v) is 4.83. The minimum atomic E-state index is -4.84. The highest BCUT2D eigenvalue weighted by molar-refractivity contribution is 5.38. The molecule has 1 heterocycles. The van der Waals surface area contributed by atoms with Gasteiger partial charge in [0.15, 0.2) is 0 Å². The van der Waals surface area contributed by atoms with Gasteiger partial charge in [0.25, 0.3) is 0 Å². The van der Waals surface area contributed by atoms with E-state index >= 15 is 0 Å². The summed E-state index contributed by atoms with van der Waals surface area (Å²) in [6.45, 7) is 6.25. The summed E-state index contributed by atoms with van der Waals surface area (Å²) in [6, 6.07) is 1.47. The first-order valence-corrected chi connectivity index (χ1v) is 8.78. The van der Waals surface area contributed by atoms with Crippen LogP contribution in [0.1, 0.15) is 49.4 Å². The maximum Gasteiger partial charge on any atom is 0.416 e. The summed E-state index contributed by atoms with van der Waals surface area (Å²) in [4.78, 5) is 1.95. The van der Waals surface area contributed by atoms with Crippen molar-refractivity contribution >= 4 is 0 Å². The quantitative estimate of drug-likeness (QED) is 0.713. The molecule has 2 rings (SSSR count). The van der Waals surface area contributed by atoms with Crippen molar-refractivity contribution in [3.63, 3.8) is 0 Å². The van der Waals surface area contributed by atoms with Crippen LogP contribution >= 0.6 is 0 Å². The van der Waals surface area contributed by atoms with Crippen LogP contribution in [0.5, 0.6) is 0 Å². The highest BCUT2D eigenvalue weighted by atomic mass is 19.4. The molecule has 0 amide bonds. The standard InChI is InChI=1S/C18H24F6N2/c1-3-4-12(2)16(26-9-7-25-8-10-26)14-6-5-13(17(19,20)21)11-15(14)18(22,23)24/h5-6,11-12,16,25H,3-4,7-10H2,1-2H3/t12?,16-/m0/s1. The van der Waals surface area contributed by atoms with E-state index in [0.29, 0.717) is 32.6 Å². The Morgan fingerprint density at radius 3 is 2.15 bits per heavy atom. The molecule has 8 heteroatoms. The van der Waals surface area contributed by atoms with Crippen LogP contribution in [0, 0.1) is 5.92 Å². The fourth-order valence-corrected chi connectivity index (χ4v) is 3.67. The SMILES string of the molecule is CCCC(C)[C@@H](c1ccc(C(F)(F)F)cc1C(F)(F)F)N1CCNCC1. The first-order chi connectivity index (χ1) is 12.1. The minimum absolute atomic E-state index is 0.0617. The molecule has 1 N–H and O–H groups in total. The monoisotopic (exact) mass is 382 g/mol. The Morgan fingerprint density at radius 2 is 1.65 bits per heavy atom. The van der Waals surface area contributed by atoms with Gasteiger partial charge in [0.05, 0.1) is 11.1 Å². The van der Waals surface area contributed by atoms with Crippen molar-refractivity contribution in [1.82, 2.24) is 10.2 Å². The largest absolute Gasteiger partial charge is 0.416 e. The van der Waals surface area contributed by atoms with E-state index < -0.39 is 29.5 Å². The van der Waals surface area contributed by atoms with Crippen molar-refractivity contribution in [2.24, 2.45) is 5.92 Å². The van der Waals surface area contributed by atoms with Crippen molar-refractivity contribution in [3.8, 4) is 0 Å². The van der Waals surface area contributed by atoms with Crippen molar-refractivity contribution in [2.45, 2.75) is 45.1 Å². The van der Waals surface area contributed by atoms with Crippen LogP contribution < -0.4 is 5.32 Å². The van der Waals surface area contributed by atoms with Gasteiger partial charge < -0.3 is 5.32 Å². The van der Waals surface area contributed by atoms with Crippen molar-refractivity contribution < 1.29 is 26.3 Å². The summed E-state index contributed by atoms with van der Waals surface area (Å²) in [5.74, 6) is -0.101. The number of halogens is 6. The maximum absolute atomic E-state index is 13.6. The number of rotatable bonds is 5. The lowest BCUT2D eigenvalue weighted by atomic mass is 9.85. The second-order valence-electron chi connectivity index (χ2n) is 6.79. The average molecular weight is 382 g/mol. The predicted octanol–water partition coefficient (Wildman–Crippen LogP) is 5.11. The van der Waals surface area contributed by atoms with Crippen molar-refractivity contribution in [3.05, 3.63) is 34.9 Å². The summed E-state index contributed by atoms with van der Waals surface area (Å²) < 4.78 is 79.6. The molecule has 1 aliphatic heterocycles. The van der Waals surface area contributed by atoms with Crippen LogP contribution in [0.2, 0.25) is 0 Å². The van der Waals surface area contributed by atoms with Crippen LogP contribution in [0.15, 0.2) is 18.2 Å². The number of nitrogens with zero attached hydrogens (tertiary/aromatic N) is 1. The Labute approximate surface area is 149 Å². The van der Waals surface area contributed by atoms with Crippen LogP contribution in [0.25, 0.3) is 0 Å². The zero-order valence-corrected chi connectivity index (χ0v) is 14.8. The zero-order valence-electron chi connectivity index (χ0n) is 14.8. The molecule has 0 bridgehead atoms. The van der Waals surface area contributed by atoms with Gasteiger partial charge in [0.1, 0.15) is 0 Å². The molecule has 1 aromatic rings. The minimum Gasteiger partial charge on any atom is -0.314 e. The summed E-state index contributed by atoms with van der Waals surface area (Å²) >= 11 is 0. The topological polar surface area (TPSA) is 15.3 Å². The number of hydrogen-bond donors (Lipinski definition) is 1. The number of hydrogen-bond acceptors (Lipinski definition) is 2. The van der Waals surface area contributed by atoms with Gasteiger partial charge in [-0.2, -0.15) is 26.3 Å². The molecular formula is C18H24F6N2. The Kier molecular flexibility index (Phi) is 6.60. The van der Waals surface area contributed by atoms with Gasteiger partial charge in [-0.1, -0.05) is 26.3 Å². The van der Waals surface area contributed by atoms with E-state index in [9.17, 15) is 26.3 Å². The summed E-state index contributed by atoms with van der Waals surface area (Å²) in [5.41, 5.74) is -2.51. The second kappa shape index (κ2) is 8.17. The van der Waals surface area contributed by atoms with E-state index in [-0.39, 0.29) is 17.5 Å². The second-order valence-corrected chi connectivity index (χ2v) is 6.79. The highest BCUT2D eigenvalue weighted by Crippen LogP contribution is 2.43. The Balaban J connectivity index is 2.54. The first-order valence-electron chi connectivity index (χ1n) is 8.78. The van der Waals surface area contributed by atoms with Gasteiger partial charge in [-0.05, 0) is 30.0 Å². The molecule has 1 aliphatic rings. The molecule has 1 saturated heterocycles. The van der Waals surface area contributed by atoms with E-state index in [0.717, 1.165) is 18.6 Å². The number of alkyl halides is 6. The van der Waals surface area contributed by atoms with Gasteiger partial charge >= 0.3 is 12.4 Å². The molecule has 26 heavy (non-hydrogen) atoms. The number of piperazine rings is 1. The molecule has 2 nitrogen and oxygen atoms in total. The lowest BCUT2D eigenvalue weighted by Crippen LogP contribution is -2.47. The van der Waals surface area contributed by atoms with E-state index in [1.54, 1.807) is 0 Å². The average Bonchev–Trinajstić information content (AvgIpc) is 2.54. The smallest absolute Gasteiger partial charge is 0.314 e. The van der Waals surface area contributed by atoms with Gasteiger partial charge in [-0.25, -0.2) is 0 Å². The molecular weight excluding hydrogens is 358 g/mol. The third-order valence-electron chi connectivity index (χ3n) is 4.83. The van der Waals surface area contributed by atoms with E-state index in [1.807, 2.05) is 18.7 Å². The van der Waals surface area contributed by atoms with Crippen LogP contribution in [-0.2, 0) is 12.4 Å².